The smallest absolute Gasteiger partial charge is 0.341 e. The van der Waals surface area contributed by atoms with Crippen LogP contribution in [-0.4, -0.2) is 24.8 Å². The molecule has 9 heteroatoms. The summed E-state index contributed by atoms with van der Waals surface area (Å²) in [6.07, 6.45) is -1.04. The van der Waals surface area contributed by atoms with Crippen molar-refractivity contribution >= 4 is 40.8 Å². The van der Waals surface area contributed by atoms with Gasteiger partial charge in [-0.25, -0.2) is 4.79 Å². The minimum absolute atomic E-state index is 0.00270. The quantitative estimate of drug-likeness (QED) is 0.579. The molecule has 2 aromatic carbocycles. The van der Waals surface area contributed by atoms with E-state index >= 15 is 0 Å². The van der Waals surface area contributed by atoms with Gasteiger partial charge in [0.15, 0.2) is 17.6 Å². The Morgan fingerprint density at radius 3 is 2.74 bits per heavy atom. The van der Waals surface area contributed by atoms with Crippen molar-refractivity contribution in [3.63, 3.8) is 0 Å². The second-order valence-corrected chi connectivity index (χ2v) is 6.65. The number of hydrogen-bond donors (Lipinski definition) is 2. The molecular formula is C18H16Cl2N2O5. The first-order chi connectivity index (χ1) is 12.8. The van der Waals surface area contributed by atoms with Crippen molar-refractivity contribution in [2.45, 2.75) is 19.6 Å². The number of carbonyl (C=O) groups is 2. The molecule has 7 nitrogen and oxygen atoms in total. The van der Waals surface area contributed by atoms with Crippen LogP contribution in [0.4, 0.5) is 5.69 Å². The van der Waals surface area contributed by atoms with Gasteiger partial charge < -0.3 is 25.3 Å². The lowest BCUT2D eigenvalue weighted by atomic mass is 10.2. The Morgan fingerprint density at radius 1 is 1.22 bits per heavy atom. The van der Waals surface area contributed by atoms with Crippen LogP contribution in [0.1, 0.15) is 22.8 Å². The molecule has 2 aromatic rings. The topological polar surface area (TPSA) is 99.9 Å². The lowest BCUT2D eigenvalue weighted by molar-refractivity contribution is -0.129. The Kier molecular flexibility index (Phi) is 5.62. The second-order valence-electron chi connectivity index (χ2n) is 5.80. The molecule has 0 saturated carbocycles. The maximum atomic E-state index is 12.3. The third kappa shape index (κ3) is 4.37. The largest absolute Gasteiger partial charge is 0.454 e. The Balaban J connectivity index is 1.58. The van der Waals surface area contributed by atoms with Crippen molar-refractivity contribution in [3.05, 3.63) is 51.5 Å². The molecule has 1 amide bonds. The van der Waals surface area contributed by atoms with Gasteiger partial charge in [0, 0.05) is 11.6 Å². The van der Waals surface area contributed by atoms with Gasteiger partial charge in [-0.05, 0) is 36.8 Å². The number of nitrogen functional groups attached to an aromatic ring is 1. The first-order valence-electron chi connectivity index (χ1n) is 7.97. The Bertz CT molecular complexity index is 904. The maximum absolute atomic E-state index is 12.3. The van der Waals surface area contributed by atoms with Crippen molar-refractivity contribution in [2.75, 3.05) is 12.5 Å². The number of benzene rings is 2. The molecule has 0 aromatic heterocycles. The Hall–Kier alpha value is -2.64. The molecule has 1 aliphatic rings. The summed E-state index contributed by atoms with van der Waals surface area (Å²) >= 11 is 11.8. The van der Waals surface area contributed by atoms with Crippen LogP contribution in [0.5, 0.6) is 11.5 Å². The molecule has 0 spiro atoms. The van der Waals surface area contributed by atoms with Gasteiger partial charge in [0.05, 0.1) is 16.3 Å². The molecule has 3 N–H and O–H groups in total. The molecule has 1 atom stereocenters. The molecule has 0 saturated heterocycles. The zero-order valence-electron chi connectivity index (χ0n) is 14.3. The highest BCUT2D eigenvalue weighted by molar-refractivity contribution is 6.37. The van der Waals surface area contributed by atoms with E-state index in [0.29, 0.717) is 11.5 Å². The third-order valence-corrected chi connectivity index (χ3v) is 4.40. The molecule has 3 rings (SSSR count). The molecule has 0 unspecified atom stereocenters. The minimum Gasteiger partial charge on any atom is -0.454 e. The van der Waals surface area contributed by atoms with Gasteiger partial charge in [0.2, 0.25) is 6.79 Å². The van der Waals surface area contributed by atoms with Gasteiger partial charge in [-0.3, -0.25) is 4.79 Å². The van der Waals surface area contributed by atoms with Crippen LogP contribution < -0.4 is 20.5 Å². The van der Waals surface area contributed by atoms with Gasteiger partial charge in [0.1, 0.15) is 0 Å². The number of halogens is 2. The monoisotopic (exact) mass is 410 g/mol. The zero-order chi connectivity index (χ0) is 19.6. The fourth-order valence-electron chi connectivity index (χ4n) is 2.42. The van der Waals surface area contributed by atoms with Crippen molar-refractivity contribution in [3.8, 4) is 11.5 Å². The Morgan fingerprint density at radius 2 is 1.96 bits per heavy atom. The summed E-state index contributed by atoms with van der Waals surface area (Å²) in [4.78, 5) is 24.5. The number of anilines is 1. The lowest BCUT2D eigenvalue weighted by Crippen LogP contribution is -2.35. The third-order valence-electron chi connectivity index (χ3n) is 3.87. The number of hydrogen-bond acceptors (Lipinski definition) is 6. The van der Waals surface area contributed by atoms with Crippen LogP contribution in [0.3, 0.4) is 0 Å². The van der Waals surface area contributed by atoms with Crippen LogP contribution in [0.25, 0.3) is 0 Å². The zero-order valence-corrected chi connectivity index (χ0v) is 15.8. The number of amides is 1. The average molecular weight is 411 g/mol. The van der Waals surface area contributed by atoms with Crippen LogP contribution in [0.2, 0.25) is 10.0 Å². The van der Waals surface area contributed by atoms with Gasteiger partial charge in [0.25, 0.3) is 5.91 Å². The molecule has 0 radical (unpaired) electrons. The molecule has 1 aliphatic heterocycles. The van der Waals surface area contributed by atoms with E-state index in [9.17, 15) is 9.59 Å². The Labute approximate surface area is 165 Å². The molecule has 0 fully saturated rings. The SMILES string of the molecule is C[C@@H](OC(=O)c1cc(Cl)cc(Cl)c1N)C(=O)NCc1ccc2c(c1)OCO2. The lowest BCUT2D eigenvalue weighted by Gasteiger charge is -2.15. The van der Waals surface area contributed by atoms with E-state index < -0.39 is 18.0 Å². The number of ether oxygens (including phenoxy) is 3. The van der Waals surface area contributed by atoms with Crippen molar-refractivity contribution in [1.29, 1.82) is 0 Å². The van der Waals surface area contributed by atoms with E-state index in [2.05, 4.69) is 5.32 Å². The van der Waals surface area contributed by atoms with Crippen LogP contribution in [-0.2, 0) is 16.1 Å². The number of nitrogens with one attached hydrogen (secondary N) is 1. The van der Waals surface area contributed by atoms with E-state index in [0.717, 1.165) is 5.56 Å². The first kappa shape index (κ1) is 19.1. The number of rotatable bonds is 5. The predicted molar refractivity (Wildman–Crippen MR) is 100 cm³/mol. The summed E-state index contributed by atoms with van der Waals surface area (Å²) in [7, 11) is 0. The number of nitrogens with two attached hydrogens (primary N) is 1. The highest BCUT2D eigenvalue weighted by Crippen LogP contribution is 2.32. The fourth-order valence-corrected chi connectivity index (χ4v) is 2.91. The summed E-state index contributed by atoms with van der Waals surface area (Å²) in [6, 6.07) is 8.09. The van der Waals surface area contributed by atoms with Crippen LogP contribution in [0.15, 0.2) is 30.3 Å². The van der Waals surface area contributed by atoms with Gasteiger partial charge >= 0.3 is 5.97 Å². The maximum Gasteiger partial charge on any atom is 0.341 e. The van der Waals surface area contributed by atoms with E-state index in [1.807, 2.05) is 0 Å². The van der Waals surface area contributed by atoms with Crippen molar-refractivity contribution in [1.82, 2.24) is 5.32 Å². The number of fused-ring (bicyclic) bond motifs is 1. The minimum atomic E-state index is -1.04. The predicted octanol–water partition coefficient (Wildman–Crippen LogP) is 3.17. The van der Waals surface area contributed by atoms with Crippen LogP contribution >= 0.6 is 23.2 Å². The second kappa shape index (κ2) is 7.94. The summed E-state index contributed by atoms with van der Waals surface area (Å²) in [5.41, 5.74) is 6.63. The summed E-state index contributed by atoms with van der Waals surface area (Å²) in [5, 5.41) is 3.06. The molecule has 1 heterocycles. The number of esters is 1. The fraction of sp³-hybridized carbons (Fsp3) is 0.222. The molecule has 0 aliphatic carbocycles. The van der Waals surface area contributed by atoms with Crippen LogP contribution in [0, 0.1) is 0 Å². The van der Waals surface area contributed by atoms with Gasteiger partial charge in [-0.1, -0.05) is 29.3 Å². The van der Waals surface area contributed by atoms with E-state index in [1.165, 1.54) is 19.1 Å². The summed E-state index contributed by atoms with van der Waals surface area (Å²) < 4.78 is 15.7. The van der Waals surface area contributed by atoms with E-state index in [4.69, 9.17) is 43.1 Å². The standard InChI is InChI=1S/C18H16Cl2N2O5/c1-9(27-18(24)12-5-11(19)6-13(20)16(12)21)17(23)22-7-10-2-3-14-15(4-10)26-8-25-14/h2-6,9H,7-8,21H2,1H3,(H,22,23)/t9-/m1/s1. The van der Waals surface area contributed by atoms with Crippen molar-refractivity contribution in [2.24, 2.45) is 0 Å². The first-order valence-corrected chi connectivity index (χ1v) is 8.72. The highest BCUT2D eigenvalue weighted by Gasteiger charge is 2.22. The molecular weight excluding hydrogens is 395 g/mol. The van der Waals surface area contributed by atoms with Gasteiger partial charge in [-0.15, -0.1) is 0 Å². The van der Waals surface area contributed by atoms with Crippen molar-refractivity contribution < 1.29 is 23.8 Å². The van der Waals surface area contributed by atoms with E-state index in [1.54, 1.807) is 18.2 Å². The highest BCUT2D eigenvalue weighted by atomic mass is 35.5. The number of carbonyl (C=O) groups excluding carboxylic acids is 2. The summed E-state index contributed by atoms with van der Waals surface area (Å²) in [5.74, 6) is 0.0232. The average Bonchev–Trinajstić information content (AvgIpc) is 3.10. The molecule has 142 valence electrons. The normalized spacial score (nSPS) is 13.1. The summed E-state index contributed by atoms with van der Waals surface area (Å²) in [6.45, 7) is 1.87. The van der Waals surface area contributed by atoms with Gasteiger partial charge in [-0.2, -0.15) is 0 Å². The molecule has 0 bridgehead atoms. The molecule has 27 heavy (non-hydrogen) atoms. The van der Waals surface area contributed by atoms with E-state index in [-0.39, 0.29) is 34.6 Å².